The molecule has 0 aliphatic carbocycles. The second-order valence-electron chi connectivity index (χ2n) is 6.87. The zero-order valence-electron chi connectivity index (χ0n) is 16.8. The van der Waals surface area contributed by atoms with E-state index in [4.69, 9.17) is 9.47 Å². The van der Waals surface area contributed by atoms with Crippen LogP contribution in [-0.2, 0) is 9.59 Å². The minimum absolute atomic E-state index is 0.0687. The number of anilines is 2. The van der Waals surface area contributed by atoms with Gasteiger partial charge in [-0.25, -0.2) is 0 Å². The SMILES string of the molecule is COc1ccc(C2C(=O)N(c3ccccc3OC)CC(=O)N2c2ccccc2)cc1. The molecule has 1 aliphatic heterocycles. The summed E-state index contributed by atoms with van der Waals surface area (Å²) < 4.78 is 10.7. The Labute approximate surface area is 175 Å². The maximum Gasteiger partial charge on any atom is 0.255 e. The molecule has 1 saturated heterocycles. The maximum absolute atomic E-state index is 13.7. The molecule has 0 radical (unpaired) electrons. The molecule has 1 aliphatic rings. The number of ether oxygens (including phenoxy) is 2. The van der Waals surface area contributed by atoms with Crippen LogP contribution in [0.3, 0.4) is 0 Å². The lowest BCUT2D eigenvalue weighted by molar-refractivity contribution is -0.128. The molecular weight excluding hydrogens is 380 g/mol. The van der Waals surface area contributed by atoms with Crippen LogP contribution in [0.2, 0.25) is 0 Å². The van der Waals surface area contributed by atoms with Crippen molar-refractivity contribution < 1.29 is 19.1 Å². The number of benzene rings is 3. The van der Waals surface area contributed by atoms with E-state index < -0.39 is 6.04 Å². The van der Waals surface area contributed by atoms with Gasteiger partial charge in [-0.3, -0.25) is 19.4 Å². The number of rotatable bonds is 5. The molecule has 1 heterocycles. The molecule has 152 valence electrons. The van der Waals surface area contributed by atoms with E-state index in [0.717, 1.165) is 0 Å². The minimum Gasteiger partial charge on any atom is -0.497 e. The molecule has 30 heavy (non-hydrogen) atoms. The fraction of sp³-hybridized carbons (Fsp3) is 0.167. The van der Waals surface area contributed by atoms with Gasteiger partial charge in [-0.15, -0.1) is 0 Å². The third kappa shape index (κ3) is 3.48. The van der Waals surface area contributed by atoms with E-state index in [-0.39, 0.29) is 18.4 Å². The zero-order chi connectivity index (χ0) is 21.1. The smallest absolute Gasteiger partial charge is 0.255 e. The van der Waals surface area contributed by atoms with Gasteiger partial charge in [0.05, 0.1) is 19.9 Å². The first-order chi connectivity index (χ1) is 14.6. The highest BCUT2D eigenvalue weighted by Gasteiger charge is 2.42. The Hall–Kier alpha value is -3.80. The van der Waals surface area contributed by atoms with E-state index >= 15 is 0 Å². The van der Waals surface area contributed by atoms with Crippen molar-refractivity contribution in [3.05, 3.63) is 84.4 Å². The van der Waals surface area contributed by atoms with E-state index in [9.17, 15) is 9.59 Å². The lowest BCUT2D eigenvalue weighted by atomic mass is 9.99. The molecule has 0 aromatic heterocycles. The van der Waals surface area contributed by atoms with Gasteiger partial charge in [-0.1, -0.05) is 42.5 Å². The van der Waals surface area contributed by atoms with Crippen molar-refractivity contribution in [3.63, 3.8) is 0 Å². The summed E-state index contributed by atoms with van der Waals surface area (Å²) in [4.78, 5) is 30.1. The van der Waals surface area contributed by atoms with Gasteiger partial charge in [0.25, 0.3) is 5.91 Å². The molecule has 1 fully saturated rings. The molecule has 3 aromatic rings. The molecular formula is C24H22N2O4. The largest absolute Gasteiger partial charge is 0.497 e. The standard InChI is InChI=1S/C24H22N2O4/c1-29-19-14-12-17(13-15-19)23-24(28)25(20-10-6-7-11-21(20)30-2)16-22(27)26(23)18-8-4-3-5-9-18/h3-15,23H,16H2,1-2H3. The number of piperazine rings is 1. The molecule has 0 saturated carbocycles. The Balaban J connectivity index is 1.82. The highest BCUT2D eigenvalue weighted by molar-refractivity contribution is 6.14. The van der Waals surface area contributed by atoms with Crippen molar-refractivity contribution in [2.75, 3.05) is 30.6 Å². The summed E-state index contributed by atoms with van der Waals surface area (Å²) in [6, 6.07) is 22.9. The van der Waals surface area contributed by atoms with Gasteiger partial charge in [-0.2, -0.15) is 0 Å². The van der Waals surface area contributed by atoms with Gasteiger partial charge >= 0.3 is 0 Å². The summed E-state index contributed by atoms with van der Waals surface area (Å²) in [5.74, 6) is 0.849. The first kappa shape index (κ1) is 19.5. The van der Waals surface area contributed by atoms with Crippen LogP contribution in [-0.4, -0.2) is 32.6 Å². The Bertz CT molecular complexity index is 1050. The van der Waals surface area contributed by atoms with Crippen molar-refractivity contribution in [3.8, 4) is 11.5 Å². The molecule has 1 unspecified atom stereocenters. The Morgan fingerprint density at radius 2 is 1.47 bits per heavy atom. The third-order valence-electron chi connectivity index (χ3n) is 5.16. The van der Waals surface area contributed by atoms with E-state index in [0.29, 0.717) is 28.4 Å². The van der Waals surface area contributed by atoms with Crippen molar-refractivity contribution in [2.45, 2.75) is 6.04 Å². The summed E-state index contributed by atoms with van der Waals surface area (Å²) in [6.07, 6.45) is 0. The van der Waals surface area contributed by atoms with Gasteiger partial charge in [0, 0.05) is 5.69 Å². The third-order valence-corrected chi connectivity index (χ3v) is 5.16. The average Bonchev–Trinajstić information content (AvgIpc) is 2.80. The van der Waals surface area contributed by atoms with Crippen LogP contribution in [0.1, 0.15) is 11.6 Å². The van der Waals surface area contributed by atoms with Crippen LogP contribution < -0.4 is 19.3 Å². The van der Waals surface area contributed by atoms with Crippen LogP contribution in [0.15, 0.2) is 78.9 Å². The first-order valence-corrected chi connectivity index (χ1v) is 9.59. The molecule has 0 spiro atoms. The number of hydrogen-bond acceptors (Lipinski definition) is 4. The molecule has 3 aromatic carbocycles. The van der Waals surface area contributed by atoms with Crippen LogP contribution in [0.25, 0.3) is 0 Å². The van der Waals surface area contributed by atoms with Crippen molar-refractivity contribution in [2.24, 2.45) is 0 Å². The maximum atomic E-state index is 13.7. The first-order valence-electron chi connectivity index (χ1n) is 9.59. The summed E-state index contributed by atoms with van der Waals surface area (Å²) >= 11 is 0. The quantitative estimate of drug-likeness (QED) is 0.651. The highest BCUT2D eigenvalue weighted by atomic mass is 16.5. The number of amides is 2. The van der Waals surface area contributed by atoms with Gasteiger partial charge in [-0.05, 0) is 42.0 Å². The van der Waals surface area contributed by atoms with Crippen LogP contribution >= 0.6 is 0 Å². The van der Waals surface area contributed by atoms with Crippen molar-refractivity contribution >= 4 is 23.2 Å². The summed E-state index contributed by atoms with van der Waals surface area (Å²) in [7, 11) is 3.14. The Morgan fingerprint density at radius 1 is 0.800 bits per heavy atom. The normalized spacial score (nSPS) is 16.5. The average molecular weight is 402 g/mol. The van der Waals surface area contributed by atoms with E-state index in [1.165, 1.54) is 4.90 Å². The predicted molar refractivity (Wildman–Crippen MR) is 115 cm³/mol. The van der Waals surface area contributed by atoms with Crippen molar-refractivity contribution in [1.29, 1.82) is 0 Å². The number of hydrogen-bond donors (Lipinski definition) is 0. The number of carbonyl (C=O) groups excluding carboxylic acids is 2. The number of nitrogens with zero attached hydrogens (tertiary/aromatic N) is 2. The molecule has 2 amide bonds. The lowest BCUT2D eigenvalue weighted by Gasteiger charge is -2.40. The molecule has 4 rings (SSSR count). The molecule has 1 atom stereocenters. The van der Waals surface area contributed by atoms with Gasteiger partial charge in [0.2, 0.25) is 5.91 Å². The highest BCUT2D eigenvalue weighted by Crippen LogP contribution is 2.37. The second kappa shape index (κ2) is 8.29. The number of carbonyl (C=O) groups is 2. The molecule has 0 N–H and O–H groups in total. The summed E-state index contributed by atoms with van der Waals surface area (Å²) in [5.41, 5.74) is 1.96. The molecule has 0 bridgehead atoms. The topological polar surface area (TPSA) is 59.1 Å². The van der Waals surface area contributed by atoms with E-state index in [2.05, 4.69) is 0 Å². The fourth-order valence-electron chi connectivity index (χ4n) is 3.71. The predicted octanol–water partition coefficient (Wildman–Crippen LogP) is 3.82. The summed E-state index contributed by atoms with van der Waals surface area (Å²) in [6.45, 7) is -0.0687. The fourth-order valence-corrected chi connectivity index (χ4v) is 3.71. The van der Waals surface area contributed by atoms with Crippen LogP contribution in [0.5, 0.6) is 11.5 Å². The van der Waals surface area contributed by atoms with Crippen LogP contribution in [0.4, 0.5) is 11.4 Å². The molecule has 6 heteroatoms. The van der Waals surface area contributed by atoms with E-state index in [1.54, 1.807) is 43.4 Å². The Kier molecular flexibility index (Phi) is 5.39. The van der Waals surface area contributed by atoms with E-state index in [1.807, 2.05) is 54.6 Å². The minimum atomic E-state index is -0.801. The van der Waals surface area contributed by atoms with Gasteiger partial charge in [0.1, 0.15) is 24.1 Å². The van der Waals surface area contributed by atoms with Gasteiger partial charge in [0.15, 0.2) is 0 Å². The number of para-hydroxylation sites is 3. The zero-order valence-corrected chi connectivity index (χ0v) is 16.8. The van der Waals surface area contributed by atoms with Crippen LogP contribution in [0, 0.1) is 0 Å². The Morgan fingerprint density at radius 3 is 2.13 bits per heavy atom. The number of methoxy groups -OCH3 is 2. The summed E-state index contributed by atoms with van der Waals surface area (Å²) in [5, 5.41) is 0. The van der Waals surface area contributed by atoms with Crippen molar-refractivity contribution in [1.82, 2.24) is 0 Å². The molecule has 6 nitrogen and oxygen atoms in total. The second-order valence-corrected chi connectivity index (χ2v) is 6.87. The van der Waals surface area contributed by atoms with Gasteiger partial charge < -0.3 is 9.47 Å². The monoisotopic (exact) mass is 402 g/mol. The lowest BCUT2D eigenvalue weighted by Crippen LogP contribution is -2.56.